The van der Waals surface area contributed by atoms with E-state index < -0.39 is 11.9 Å². The first-order valence-electron chi connectivity index (χ1n) is 11.0. The van der Waals surface area contributed by atoms with Crippen molar-refractivity contribution in [3.63, 3.8) is 0 Å². The van der Waals surface area contributed by atoms with Gasteiger partial charge in [-0.1, -0.05) is 11.6 Å². The van der Waals surface area contributed by atoms with Crippen molar-refractivity contribution in [1.29, 1.82) is 0 Å². The topological polar surface area (TPSA) is 85.1 Å². The van der Waals surface area contributed by atoms with Crippen molar-refractivity contribution in [3.05, 3.63) is 81.6 Å². The van der Waals surface area contributed by atoms with E-state index in [1.807, 2.05) is 13.0 Å². The highest BCUT2D eigenvalue weighted by atomic mass is 35.5. The Balaban J connectivity index is 1.45. The van der Waals surface area contributed by atoms with Crippen LogP contribution in [-0.2, 0) is 11.3 Å². The molecule has 0 spiro atoms. The van der Waals surface area contributed by atoms with Crippen molar-refractivity contribution >= 4 is 33.7 Å². The normalized spacial score (nSPS) is 12.4. The lowest BCUT2D eigenvalue weighted by atomic mass is 10.00. The van der Waals surface area contributed by atoms with Gasteiger partial charge in [-0.05, 0) is 49.2 Å². The van der Waals surface area contributed by atoms with Crippen LogP contribution in [0, 0.1) is 19.7 Å². The van der Waals surface area contributed by atoms with Crippen LogP contribution in [-0.4, -0.2) is 34.2 Å². The van der Waals surface area contributed by atoms with Crippen LogP contribution < -0.4 is 9.47 Å². The lowest BCUT2D eigenvalue weighted by Gasteiger charge is -2.19. The van der Waals surface area contributed by atoms with Crippen LogP contribution in [0.15, 0.2) is 42.7 Å². The fourth-order valence-corrected chi connectivity index (χ4v) is 4.36. The molecule has 1 atom stereocenters. The number of halogens is 2. The molecular formula is C26H24ClFN4O3. The molecule has 0 saturated heterocycles. The summed E-state index contributed by atoms with van der Waals surface area (Å²) in [5.74, 6) is 0.782. The van der Waals surface area contributed by atoms with E-state index in [2.05, 4.69) is 32.9 Å². The summed E-state index contributed by atoms with van der Waals surface area (Å²) in [4.78, 5) is 15.2. The molecule has 180 valence electrons. The first kappa shape index (κ1) is 23.1. The Kier molecular flexibility index (Phi) is 6.08. The Bertz CT molecular complexity index is 1510. The maximum Gasteiger partial charge on any atom is 0.164 e. The number of nitrogens with one attached hydrogen (secondary N) is 2. The number of hydrogen-bond acceptors (Lipinski definition) is 5. The van der Waals surface area contributed by atoms with Crippen molar-refractivity contribution < 1.29 is 18.6 Å². The molecule has 0 bridgehead atoms. The first-order valence-corrected chi connectivity index (χ1v) is 11.4. The molecule has 3 heterocycles. The molecule has 5 rings (SSSR count). The number of benzene rings is 2. The summed E-state index contributed by atoms with van der Waals surface area (Å²) in [5, 5.41) is 1.23. The predicted octanol–water partition coefficient (Wildman–Crippen LogP) is 6.17. The summed E-state index contributed by atoms with van der Waals surface area (Å²) in [6, 6.07) is 8.73. The number of ether oxygens (including phenoxy) is 3. The van der Waals surface area contributed by atoms with Gasteiger partial charge in [0.25, 0.3) is 0 Å². The number of aromatic nitrogens is 4. The van der Waals surface area contributed by atoms with E-state index >= 15 is 4.39 Å². The lowest BCUT2D eigenvalue weighted by Crippen LogP contribution is -2.08. The molecule has 0 fully saturated rings. The molecule has 35 heavy (non-hydrogen) atoms. The Morgan fingerprint density at radius 2 is 1.83 bits per heavy atom. The van der Waals surface area contributed by atoms with Crippen LogP contribution in [0.1, 0.15) is 34.2 Å². The van der Waals surface area contributed by atoms with E-state index in [9.17, 15) is 0 Å². The fraction of sp³-hybridized carbons (Fsp3) is 0.231. The van der Waals surface area contributed by atoms with Gasteiger partial charge in [-0.3, -0.25) is 0 Å². The van der Waals surface area contributed by atoms with E-state index in [0.717, 1.165) is 22.0 Å². The molecule has 7 nitrogen and oxygen atoms in total. The van der Waals surface area contributed by atoms with Crippen LogP contribution in [0.3, 0.4) is 0 Å². The molecule has 0 saturated carbocycles. The zero-order chi connectivity index (χ0) is 24.7. The number of H-pyrrole nitrogens is 2. The molecular weight excluding hydrogens is 471 g/mol. The minimum Gasteiger partial charge on any atom is -0.493 e. The van der Waals surface area contributed by atoms with Crippen LogP contribution in [0.5, 0.6) is 11.5 Å². The molecule has 9 heteroatoms. The van der Waals surface area contributed by atoms with Crippen molar-refractivity contribution in [2.45, 2.75) is 26.6 Å². The Morgan fingerprint density at radius 1 is 1.03 bits per heavy atom. The Labute approximate surface area is 206 Å². The second-order valence-electron chi connectivity index (χ2n) is 8.36. The van der Waals surface area contributed by atoms with Crippen LogP contribution in [0.2, 0.25) is 5.02 Å². The number of nitrogens with zero attached hydrogens (tertiary/aromatic N) is 2. The zero-order valence-electron chi connectivity index (χ0n) is 19.7. The molecule has 0 aliphatic carbocycles. The van der Waals surface area contributed by atoms with Crippen molar-refractivity contribution in [2.75, 3.05) is 14.2 Å². The smallest absolute Gasteiger partial charge is 0.164 e. The maximum absolute atomic E-state index is 15.4. The highest BCUT2D eigenvalue weighted by Gasteiger charge is 2.24. The molecule has 0 aliphatic heterocycles. The molecule has 2 aromatic carbocycles. The van der Waals surface area contributed by atoms with Gasteiger partial charge >= 0.3 is 0 Å². The second-order valence-corrected chi connectivity index (χ2v) is 8.80. The third-order valence-corrected chi connectivity index (χ3v) is 6.33. The average molecular weight is 495 g/mol. The van der Waals surface area contributed by atoms with Crippen molar-refractivity contribution in [2.24, 2.45) is 0 Å². The molecule has 0 amide bonds. The van der Waals surface area contributed by atoms with Gasteiger partial charge in [0, 0.05) is 42.1 Å². The third kappa shape index (κ3) is 4.31. The molecule has 3 aromatic heterocycles. The van der Waals surface area contributed by atoms with E-state index in [0.29, 0.717) is 33.4 Å². The Hall–Kier alpha value is -3.62. The summed E-state index contributed by atoms with van der Waals surface area (Å²) >= 11 is 6.13. The standard InChI is InChI=1S/C26H24ClFN4O3/c1-13-5-20-21(6-14(13)2)32-24(31-20)12-35-23-9-19(28)17(8-22(23)33-3)25(34-4)18-11-30-26-16(18)7-15(27)10-29-26/h5-11,25H,12H2,1-4H3,(H,29,30)(H,31,32). The van der Waals surface area contributed by atoms with Crippen LogP contribution >= 0.6 is 11.6 Å². The monoisotopic (exact) mass is 494 g/mol. The van der Waals surface area contributed by atoms with Crippen molar-refractivity contribution in [1.82, 2.24) is 19.9 Å². The summed E-state index contributed by atoms with van der Waals surface area (Å²) in [6.45, 7) is 4.22. The maximum atomic E-state index is 15.4. The summed E-state index contributed by atoms with van der Waals surface area (Å²) in [6.07, 6.45) is 2.57. The number of imidazole rings is 1. The first-order chi connectivity index (χ1) is 16.9. The lowest BCUT2D eigenvalue weighted by molar-refractivity contribution is 0.133. The quantitative estimate of drug-likeness (QED) is 0.282. The van der Waals surface area contributed by atoms with Crippen LogP contribution in [0.25, 0.3) is 22.1 Å². The van der Waals surface area contributed by atoms with Crippen LogP contribution in [0.4, 0.5) is 4.39 Å². The van der Waals surface area contributed by atoms with Gasteiger partial charge in [0.2, 0.25) is 0 Å². The van der Waals surface area contributed by atoms with E-state index in [1.165, 1.54) is 25.8 Å². The molecule has 5 aromatic rings. The van der Waals surface area contributed by atoms with Gasteiger partial charge in [-0.2, -0.15) is 0 Å². The third-order valence-electron chi connectivity index (χ3n) is 6.12. The number of hydrogen-bond donors (Lipinski definition) is 2. The molecule has 1 unspecified atom stereocenters. The van der Waals surface area contributed by atoms with Gasteiger partial charge < -0.3 is 24.2 Å². The number of aryl methyl sites for hydroxylation is 2. The second kappa shape index (κ2) is 9.20. The van der Waals surface area contributed by atoms with E-state index in [-0.39, 0.29) is 12.4 Å². The minimum absolute atomic E-state index is 0.127. The van der Waals surface area contributed by atoms with E-state index in [1.54, 1.807) is 24.5 Å². The summed E-state index contributed by atoms with van der Waals surface area (Å²) in [7, 11) is 3.02. The average Bonchev–Trinajstić information content (AvgIpc) is 3.43. The van der Waals surface area contributed by atoms with Gasteiger partial charge in [-0.15, -0.1) is 0 Å². The van der Waals surface area contributed by atoms with Gasteiger partial charge in [0.05, 0.1) is 23.2 Å². The zero-order valence-corrected chi connectivity index (χ0v) is 20.5. The number of methoxy groups -OCH3 is 2. The molecule has 2 N–H and O–H groups in total. The molecule has 0 aliphatic rings. The largest absolute Gasteiger partial charge is 0.493 e. The molecule has 0 radical (unpaired) electrons. The number of fused-ring (bicyclic) bond motifs is 2. The SMILES string of the molecule is COc1cc(C(OC)c2c[nH]c3ncc(Cl)cc23)c(F)cc1OCc1nc2cc(C)c(C)cc2[nH]1. The Morgan fingerprint density at radius 3 is 2.60 bits per heavy atom. The highest BCUT2D eigenvalue weighted by Crippen LogP contribution is 2.38. The summed E-state index contributed by atoms with van der Waals surface area (Å²) in [5.41, 5.74) is 5.76. The van der Waals surface area contributed by atoms with Crippen molar-refractivity contribution in [3.8, 4) is 11.5 Å². The minimum atomic E-state index is -0.714. The van der Waals surface area contributed by atoms with Gasteiger partial charge in [0.15, 0.2) is 11.5 Å². The number of aromatic amines is 2. The highest BCUT2D eigenvalue weighted by molar-refractivity contribution is 6.31. The summed E-state index contributed by atoms with van der Waals surface area (Å²) < 4.78 is 32.5. The van der Waals surface area contributed by atoms with Gasteiger partial charge in [0.1, 0.15) is 30.0 Å². The van der Waals surface area contributed by atoms with Gasteiger partial charge in [-0.25, -0.2) is 14.4 Å². The number of pyridine rings is 1. The number of rotatable bonds is 7. The van der Waals surface area contributed by atoms with E-state index in [4.69, 9.17) is 25.8 Å². The fourth-order valence-electron chi connectivity index (χ4n) is 4.20. The predicted molar refractivity (Wildman–Crippen MR) is 133 cm³/mol.